The van der Waals surface area contributed by atoms with E-state index in [-0.39, 0.29) is 0 Å². The average Bonchev–Trinajstić information content (AvgIpc) is 2.24. The second-order valence-electron chi connectivity index (χ2n) is 5.24. The lowest BCUT2D eigenvalue weighted by atomic mass is 9.89. The normalized spacial score (nSPS) is 15.2. The summed E-state index contributed by atoms with van der Waals surface area (Å²) in [5.74, 6) is 1.96. The van der Waals surface area contributed by atoms with Crippen LogP contribution in [0.3, 0.4) is 0 Å². The van der Waals surface area contributed by atoms with Gasteiger partial charge in [-0.2, -0.15) is 0 Å². The lowest BCUT2D eigenvalue weighted by molar-refractivity contribution is 0.361. The second-order valence-corrected chi connectivity index (χ2v) is 5.24. The molecule has 0 spiro atoms. The molecule has 0 heteroatoms. The summed E-state index contributed by atoms with van der Waals surface area (Å²) in [6.07, 6.45) is 12.8. The molecule has 0 saturated heterocycles. The molecule has 0 aromatic carbocycles. The minimum Gasteiger partial charge on any atom is -0.0654 e. The molecule has 0 aliphatic rings. The highest BCUT2D eigenvalue weighted by atomic mass is 14.1. The third kappa shape index (κ3) is 8.96. The van der Waals surface area contributed by atoms with Gasteiger partial charge in [-0.15, -0.1) is 0 Å². The first-order chi connectivity index (χ1) is 7.24. The molecule has 2 atom stereocenters. The SMILES string of the molecule is CCCCCC(C)CCC(CC)CCC. The van der Waals surface area contributed by atoms with Crippen molar-refractivity contribution in [3.8, 4) is 0 Å². The van der Waals surface area contributed by atoms with Crippen molar-refractivity contribution in [2.24, 2.45) is 11.8 Å². The van der Waals surface area contributed by atoms with Crippen LogP contribution in [0.4, 0.5) is 0 Å². The van der Waals surface area contributed by atoms with E-state index in [1.54, 1.807) is 0 Å². The first-order valence-corrected chi connectivity index (χ1v) is 7.24. The molecule has 15 heavy (non-hydrogen) atoms. The van der Waals surface area contributed by atoms with E-state index in [0.29, 0.717) is 0 Å². The fourth-order valence-corrected chi connectivity index (χ4v) is 2.37. The van der Waals surface area contributed by atoms with E-state index in [0.717, 1.165) is 11.8 Å². The maximum absolute atomic E-state index is 2.44. The van der Waals surface area contributed by atoms with Crippen molar-refractivity contribution in [2.75, 3.05) is 0 Å². The Morgan fingerprint density at radius 2 is 1.47 bits per heavy atom. The first-order valence-electron chi connectivity index (χ1n) is 7.24. The Kier molecular flexibility index (Phi) is 10.5. The molecule has 2 unspecified atom stereocenters. The van der Waals surface area contributed by atoms with Crippen molar-refractivity contribution in [3.63, 3.8) is 0 Å². The van der Waals surface area contributed by atoms with Gasteiger partial charge in [-0.3, -0.25) is 0 Å². The molecule has 0 bridgehead atoms. The number of unbranched alkanes of at least 4 members (excludes halogenated alkanes) is 2. The van der Waals surface area contributed by atoms with Gasteiger partial charge >= 0.3 is 0 Å². The van der Waals surface area contributed by atoms with Gasteiger partial charge in [-0.1, -0.05) is 85.5 Å². The van der Waals surface area contributed by atoms with Crippen molar-refractivity contribution < 1.29 is 0 Å². The van der Waals surface area contributed by atoms with Gasteiger partial charge in [0.05, 0.1) is 0 Å². The van der Waals surface area contributed by atoms with Gasteiger partial charge < -0.3 is 0 Å². The van der Waals surface area contributed by atoms with Crippen molar-refractivity contribution >= 4 is 0 Å². The summed E-state index contributed by atoms with van der Waals surface area (Å²) in [6.45, 7) is 9.39. The molecule has 0 aromatic rings. The summed E-state index contributed by atoms with van der Waals surface area (Å²) in [7, 11) is 0. The van der Waals surface area contributed by atoms with Crippen LogP contribution in [0.5, 0.6) is 0 Å². The highest BCUT2D eigenvalue weighted by Gasteiger charge is 2.08. The van der Waals surface area contributed by atoms with Crippen LogP contribution in [0.15, 0.2) is 0 Å². The largest absolute Gasteiger partial charge is 0.0654 e. The van der Waals surface area contributed by atoms with E-state index >= 15 is 0 Å². The predicted octanol–water partition coefficient (Wildman–Crippen LogP) is 5.81. The number of hydrogen-bond acceptors (Lipinski definition) is 0. The molecule has 0 radical (unpaired) electrons. The third-order valence-electron chi connectivity index (χ3n) is 3.64. The predicted molar refractivity (Wildman–Crippen MR) is 71.2 cm³/mol. The van der Waals surface area contributed by atoms with Crippen LogP contribution in [0.1, 0.15) is 85.5 Å². The van der Waals surface area contributed by atoms with Gasteiger partial charge in [0.2, 0.25) is 0 Å². The summed E-state index contributed by atoms with van der Waals surface area (Å²) in [4.78, 5) is 0. The lowest BCUT2D eigenvalue weighted by Crippen LogP contribution is -2.02. The maximum Gasteiger partial charge on any atom is -0.0417 e. The first kappa shape index (κ1) is 15.0. The molecule has 0 nitrogen and oxygen atoms in total. The molecular formula is C15H32. The zero-order chi connectivity index (χ0) is 11.5. The van der Waals surface area contributed by atoms with Gasteiger partial charge in [0.15, 0.2) is 0 Å². The Hall–Kier alpha value is 0. The Bertz CT molecular complexity index is 117. The monoisotopic (exact) mass is 212 g/mol. The molecule has 92 valence electrons. The van der Waals surface area contributed by atoms with Crippen LogP contribution in [-0.2, 0) is 0 Å². The van der Waals surface area contributed by atoms with Gasteiger partial charge in [-0.05, 0) is 11.8 Å². The molecule has 0 aromatic heterocycles. The van der Waals surface area contributed by atoms with E-state index in [9.17, 15) is 0 Å². The second kappa shape index (κ2) is 10.5. The highest BCUT2D eigenvalue weighted by molar-refractivity contribution is 4.61. The smallest absolute Gasteiger partial charge is 0.0417 e. The van der Waals surface area contributed by atoms with E-state index in [4.69, 9.17) is 0 Å². The van der Waals surface area contributed by atoms with Crippen LogP contribution in [0, 0.1) is 11.8 Å². The Labute approximate surface area is 97.8 Å². The standard InChI is InChI=1S/C15H32/c1-5-8-9-11-14(4)12-13-15(7-3)10-6-2/h14-15H,5-13H2,1-4H3. The van der Waals surface area contributed by atoms with E-state index in [1.807, 2.05) is 0 Å². The zero-order valence-corrected chi connectivity index (χ0v) is 11.5. The molecule has 0 aliphatic heterocycles. The number of hydrogen-bond donors (Lipinski definition) is 0. The van der Waals surface area contributed by atoms with Crippen molar-refractivity contribution in [2.45, 2.75) is 85.5 Å². The molecule has 0 saturated carbocycles. The molecule has 0 rings (SSSR count). The Morgan fingerprint density at radius 3 is 2.00 bits per heavy atom. The maximum atomic E-state index is 2.44. The average molecular weight is 212 g/mol. The van der Waals surface area contributed by atoms with Gasteiger partial charge in [-0.25, -0.2) is 0 Å². The molecule has 0 fully saturated rings. The van der Waals surface area contributed by atoms with Crippen molar-refractivity contribution in [1.82, 2.24) is 0 Å². The minimum atomic E-state index is 0.961. The summed E-state index contributed by atoms with van der Waals surface area (Å²) < 4.78 is 0. The van der Waals surface area contributed by atoms with Gasteiger partial charge in [0.1, 0.15) is 0 Å². The van der Waals surface area contributed by atoms with E-state index < -0.39 is 0 Å². The Balaban J connectivity index is 3.45. The highest BCUT2D eigenvalue weighted by Crippen LogP contribution is 2.22. The van der Waals surface area contributed by atoms with E-state index in [1.165, 1.54) is 57.8 Å². The lowest BCUT2D eigenvalue weighted by Gasteiger charge is -2.17. The van der Waals surface area contributed by atoms with Crippen LogP contribution in [-0.4, -0.2) is 0 Å². The summed E-state index contributed by atoms with van der Waals surface area (Å²) in [5, 5.41) is 0. The van der Waals surface area contributed by atoms with Crippen molar-refractivity contribution in [3.05, 3.63) is 0 Å². The van der Waals surface area contributed by atoms with Crippen LogP contribution < -0.4 is 0 Å². The summed E-state index contributed by atoms with van der Waals surface area (Å²) >= 11 is 0. The molecule has 0 N–H and O–H groups in total. The van der Waals surface area contributed by atoms with Crippen LogP contribution in [0.2, 0.25) is 0 Å². The Morgan fingerprint density at radius 1 is 0.733 bits per heavy atom. The molecule has 0 aliphatic carbocycles. The van der Waals surface area contributed by atoms with Crippen LogP contribution >= 0.6 is 0 Å². The number of rotatable bonds is 10. The fourth-order valence-electron chi connectivity index (χ4n) is 2.37. The molecular weight excluding hydrogens is 180 g/mol. The van der Waals surface area contributed by atoms with Crippen molar-refractivity contribution in [1.29, 1.82) is 0 Å². The molecule has 0 amide bonds. The molecule has 0 heterocycles. The van der Waals surface area contributed by atoms with Gasteiger partial charge in [0, 0.05) is 0 Å². The fraction of sp³-hybridized carbons (Fsp3) is 1.00. The topological polar surface area (TPSA) is 0 Å². The zero-order valence-electron chi connectivity index (χ0n) is 11.5. The van der Waals surface area contributed by atoms with Crippen LogP contribution in [0.25, 0.3) is 0 Å². The van der Waals surface area contributed by atoms with Gasteiger partial charge in [0.25, 0.3) is 0 Å². The summed E-state index contributed by atoms with van der Waals surface area (Å²) in [6, 6.07) is 0. The minimum absolute atomic E-state index is 0.961. The quantitative estimate of drug-likeness (QED) is 0.401. The van der Waals surface area contributed by atoms with E-state index in [2.05, 4.69) is 27.7 Å². The third-order valence-corrected chi connectivity index (χ3v) is 3.64. The summed E-state index contributed by atoms with van der Waals surface area (Å²) in [5.41, 5.74) is 0.